The molecule has 2 atom stereocenters. The van der Waals surface area contributed by atoms with Crippen LogP contribution in [-0.2, 0) is 12.0 Å². The highest BCUT2D eigenvalue weighted by atomic mass is 16.5. The summed E-state index contributed by atoms with van der Waals surface area (Å²) in [5.41, 5.74) is -0.116. The fourth-order valence-corrected chi connectivity index (χ4v) is 2.61. The lowest BCUT2D eigenvalue weighted by Gasteiger charge is -2.39. The van der Waals surface area contributed by atoms with Crippen LogP contribution in [0.2, 0.25) is 0 Å². The van der Waals surface area contributed by atoms with E-state index in [1.54, 1.807) is 0 Å². The molecular formula is C14H25N3O2. The number of hydrogen-bond acceptors (Lipinski definition) is 5. The quantitative estimate of drug-likeness (QED) is 0.908. The van der Waals surface area contributed by atoms with Gasteiger partial charge in [0, 0.05) is 17.5 Å². The zero-order chi connectivity index (χ0) is 14.0. The summed E-state index contributed by atoms with van der Waals surface area (Å²) in [6, 6.07) is 0.683. The van der Waals surface area contributed by atoms with Crippen LogP contribution in [0.1, 0.15) is 58.7 Å². The Bertz CT molecular complexity index is 411. The second-order valence-electron chi connectivity index (χ2n) is 6.55. The van der Waals surface area contributed by atoms with Gasteiger partial charge in [0.15, 0.2) is 5.82 Å². The molecule has 0 radical (unpaired) electrons. The molecule has 1 aromatic rings. The molecule has 1 N–H and O–H groups in total. The molecule has 0 spiro atoms. The Labute approximate surface area is 115 Å². The SMILES string of the molecule is CC1CCCC(CO)N1Cc1noc(C(C)(C)C)n1. The van der Waals surface area contributed by atoms with Crippen molar-refractivity contribution in [2.75, 3.05) is 6.61 Å². The van der Waals surface area contributed by atoms with Gasteiger partial charge in [-0.25, -0.2) is 0 Å². The first-order chi connectivity index (χ1) is 8.91. The zero-order valence-electron chi connectivity index (χ0n) is 12.4. The van der Waals surface area contributed by atoms with Crippen molar-refractivity contribution in [2.24, 2.45) is 0 Å². The van der Waals surface area contributed by atoms with E-state index in [-0.39, 0.29) is 18.1 Å². The predicted octanol–water partition coefficient (Wildman–Crippen LogP) is 2.10. The molecule has 0 aliphatic carbocycles. The van der Waals surface area contributed by atoms with E-state index >= 15 is 0 Å². The maximum Gasteiger partial charge on any atom is 0.232 e. The molecule has 1 fully saturated rings. The van der Waals surface area contributed by atoms with Gasteiger partial charge in [0.05, 0.1) is 13.2 Å². The Hall–Kier alpha value is -0.940. The monoisotopic (exact) mass is 267 g/mol. The van der Waals surface area contributed by atoms with E-state index in [1.165, 1.54) is 12.8 Å². The average molecular weight is 267 g/mol. The third-order valence-electron chi connectivity index (χ3n) is 3.84. The van der Waals surface area contributed by atoms with Gasteiger partial charge in [0.1, 0.15) is 0 Å². The van der Waals surface area contributed by atoms with Gasteiger partial charge in [0.2, 0.25) is 5.89 Å². The molecule has 2 rings (SSSR count). The van der Waals surface area contributed by atoms with Crippen LogP contribution in [0.15, 0.2) is 4.52 Å². The number of aliphatic hydroxyl groups is 1. The second kappa shape index (κ2) is 5.59. The first-order valence-corrected chi connectivity index (χ1v) is 7.11. The van der Waals surface area contributed by atoms with Crippen molar-refractivity contribution in [3.63, 3.8) is 0 Å². The molecule has 0 amide bonds. The minimum absolute atomic E-state index is 0.116. The summed E-state index contributed by atoms with van der Waals surface area (Å²) >= 11 is 0. The molecular weight excluding hydrogens is 242 g/mol. The summed E-state index contributed by atoms with van der Waals surface area (Å²) in [6.45, 7) is 9.24. The van der Waals surface area contributed by atoms with Crippen LogP contribution in [0.3, 0.4) is 0 Å². The van der Waals surface area contributed by atoms with Gasteiger partial charge in [-0.1, -0.05) is 32.3 Å². The molecule has 2 unspecified atom stereocenters. The fraction of sp³-hybridized carbons (Fsp3) is 0.857. The Morgan fingerprint density at radius 1 is 1.37 bits per heavy atom. The zero-order valence-corrected chi connectivity index (χ0v) is 12.4. The van der Waals surface area contributed by atoms with Gasteiger partial charge in [-0.05, 0) is 19.8 Å². The van der Waals surface area contributed by atoms with E-state index < -0.39 is 0 Å². The highest BCUT2D eigenvalue weighted by molar-refractivity contribution is 4.99. The lowest BCUT2D eigenvalue weighted by atomic mass is 9.96. The standard InChI is InChI=1S/C14H25N3O2/c1-10-6-5-7-11(9-18)17(10)8-12-15-13(19-16-12)14(2,3)4/h10-11,18H,5-9H2,1-4H3. The van der Waals surface area contributed by atoms with Crippen molar-refractivity contribution in [2.45, 2.75) is 71.0 Å². The van der Waals surface area contributed by atoms with Crippen LogP contribution < -0.4 is 0 Å². The first kappa shape index (κ1) is 14.5. The minimum Gasteiger partial charge on any atom is -0.395 e. The minimum atomic E-state index is -0.116. The number of likely N-dealkylation sites (tertiary alicyclic amines) is 1. The number of aromatic nitrogens is 2. The molecule has 1 aliphatic heterocycles. The molecule has 1 saturated heterocycles. The molecule has 5 heteroatoms. The van der Waals surface area contributed by atoms with Crippen molar-refractivity contribution < 1.29 is 9.63 Å². The lowest BCUT2D eigenvalue weighted by molar-refractivity contribution is 0.0425. The van der Waals surface area contributed by atoms with Crippen molar-refractivity contribution in [3.8, 4) is 0 Å². The number of hydrogen-bond donors (Lipinski definition) is 1. The Morgan fingerprint density at radius 2 is 2.11 bits per heavy atom. The smallest absolute Gasteiger partial charge is 0.232 e. The summed E-state index contributed by atoms with van der Waals surface area (Å²) < 4.78 is 5.32. The number of aliphatic hydroxyl groups excluding tert-OH is 1. The summed E-state index contributed by atoms with van der Waals surface area (Å²) in [6.07, 6.45) is 3.40. The summed E-state index contributed by atoms with van der Waals surface area (Å²) in [5.74, 6) is 1.39. The van der Waals surface area contributed by atoms with Gasteiger partial charge < -0.3 is 9.63 Å². The van der Waals surface area contributed by atoms with Crippen LogP contribution >= 0.6 is 0 Å². The molecule has 0 saturated carbocycles. The van der Waals surface area contributed by atoms with Gasteiger partial charge in [0.25, 0.3) is 0 Å². The van der Waals surface area contributed by atoms with Crippen LogP contribution in [0.5, 0.6) is 0 Å². The second-order valence-corrected chi connectivity index (χ2v) is 6.55. The maximum atomic E-state index is 9.49. The van der Waals surface area contributed by atoms with Crippen LogP contribution in [0.25, 0.3) is 0 Å². The van der Waals surface area contributed by atoms with E-state index in [9.17, 15) is 5.11 Å². The Balaban J connectivity index is 2.08. The van der Waals surface area contributed by atoms with Gasteiger partial charge in [-0.15, -0.1) is 0 Å². The van der Waals surface area contributed by atoms with E-state index in [4.69, 9.17) is 4.52 Å². The maximum absolute atomic E-state index is 9.49. The molecule has 2 heterocycles. The number of rotatable bonds is 3. The highest BCUT2D eigenvalue weighted by Gasteiger charge is 2.29. The van der Waals surface area contributed by atoms with Crippen LogP contribution in [0.4, 0.5) is 0 Å². The molecule has 1 aromatic heterocycles. The Kier molecular flexibility index (Phi) is 4.26. The van der Waals surface area contributed by atoms with Gasteiger partial charge >= 0.3 is 0 Å². The van der Waals surface area contributed by atoms with E-state index in [0.29, 0.717) is 18.5 Å². The highest BCUT2D eigenvalue weighted by Crippen LogP contribution is 2.25. The first-order valence-electron chi connectivity index (χ1n) is 7.11. The molecule has 19 heavy (non-hydrogen) atoms. The Morgan fingerprint density at radius 3 is 2.68 bits per heavy atom. The third kappa shape index (κ3) is 3.34. The molecule has 108 valence electrons. The topological polar surface area (TPSA) is 62.4 Å². The largest absolute Gasteiger partial charge is 0.395 e. The van der Waals surface area contributed by atoms with Crippen LogP contribution in [0, 0.1) is 0 Å². The predicted molar refractivity (Wildman–Crippen MR) is 72.7 cm³/mol. The van der Waals surface area contributed by atoms with E-state index in [2.05, 4.69) is 42.7 Å². The number of piperidine rings is 1. The lowest BCUT2D eigenvalue weighted by Crippen LogP contribution is -2.46. The molecule has 1 aliphatic rings. The molecule has 0 bridgehead atoms. The van der Waals surface area contributed by atoms with E-state index in [1.807, 2.05) is 0 Å². The van der Waals surface area contributed by atoms with Crippen molar-refractivity contribution >= 4 is 0 Å². The summed E-state index contributed by atoms with van der Waals surface area (Å²) in [5, 5.41) is 13.6. The third-order valence-corrected chi connectivity index (χ3v) is 3.84. The average Bonchev–Trinajstić information content (AvgIpc) is 2.80. The van der Waals surface area contributed by atoms with E-state index in [0.717, 1.165) is 12.2 Å². The molecule has 5 nitrogen and oxygen atoms in total. The van der Waals surface area contributed by atoms with Crippen molar-refractivity contribution in [3.05, 3.63) is 11.7 Å². The summed E-state index contributed by atoms with van der Waals surface area (Å²) in [4.78, 5) is 6.77. The van der Waals surface area contributed by atoms with Crippen molar-refractivity contribution in [1.82, 2.24) is 15.0 Å². The van der Waals surface area contributed by atoms with Crippen LogP contribution in [-0.4, -0.2) is 38.8 Å². The fourth-order valence-electron chi connectivity index (χ4n) is 2.61. The van der Waals surface area contributed by atoms with Gasteiger partial charge in [-0.2, -0.15) is 4.98 Å². The number of nitrogens with zero attached hydrogens (tertiary/aromatic N) is 3. The normalized spacial score (nSPS) is 25.7. The van der Waals surface area contributed by atoms with Gasteiger partial charge in [-0.3, -0.25) is 4.90 Å². The summed E-state index contributed by atoms with van der Waals surface area (Å²) in [7, 11) is 0. The molecule has 0 aromatic carbocycles. The van der Waals surface area contributed by atoms with Crippen molar-refractivity contribution in [1.29, 1.82) is 0 Å².